The van der Waals surface area contributed by atoms with E-state index in [0.29, 0.717) is 17.8 Å². The SMILES string of the molecule is NC(=O)Cn1c(CCCl)nc2cc(F)c(F)cc21. The van der Waals surface area contributed by atoms with Crippen LogP contribution in [0.25, 0.3) is 11.0 Å². The molecule has 4 nitrogen and oxygen atoms in total. The van der Waals surface area contributed by atoms with Gasteiger partial charge in [-0.2, -0.15) is 0 Å². The fourth-order valence-electron chi connectivity index (χ4n) is 1.78. The van der Waals surface area contributed by atoms with Gasteiger partial charge < -0.3 is 10.3 Å². The third-order valence-corrected chi connectivity index (χ3v) is 2.69. The third kappa shape index (κ3) is 2.28. The van der Waals surface area contributed by atoms with Crippen molar-refractivity contribution in [1.29, 1.82) is 0 Å². The number of alkyl halides is 1. The molecule has 1 amide bonds. The molecular formula is C11H10ClF2N3O. The van der Waals surface area contributed by atoms with Gasteiger partial charge >= 0.3 is 0 Å². The number of carbonyl (C=O) groups excluding carboxylic acids is 1. The lowest BCUT2D eigenvalue weighted by molar-refractivity contribution is -0.118. The maximum atomic E-state index is 13.2. The van der Waals surface area contributed by atoms with E-state index in [0.717, 1.165) is 12.1 Å². The van der Waals surface area contributed by atoms with Crippen LogP contribution >= 0.6 is 11.6 Å². The summed E-state index contributed by atoms with van der Waals surface area (Å²) in [6, 6.07) is 1.98. The van der Waals surface area contributed by atoms with Crippen LogP contribution in [0.2, 0.25) is 0 Å². The summed E-state index contributed by atoms with van der Waals surface area (Å²) in [6.07, 6.45) is 0.382. The maximum Gasteiger partial charge on any atom is 0.237 e. The molecule has 0 fully saturated rings. The molecule has 18 heavy (non-hydrogen) atoms. The van der Waals surface area contributed by atoms with E-state index in [-0.39, 0.29) is 17.9 Å². The molecule has 96 valence electrons. The Morgan fingerprint density at radius 1 is 1.39 bits per heavy atom. The molecule has 0 unspecified atom stereocenters. The van der Waals surface area contributed by atoms with Gasteiger partial charge in [0.05, 0.1) is 11.0 Å². The number of primary amides is 1. The Morgan fingerprint density at radius 3 is 2.67 bits per heavy atom. The van der Waals surface area contributed by atoms with Crippen molar-refractivity contribution in [2.24, 2.45) is 5.73 Å². The number of carbonyl (C=O) groups is 1. The summed E-state index contributed by atoms with van der Waals surface area (Å²) in [5.41, 5.74) is 5.72. The molecule has 0 radical (unpaired) electrons. The maximum absolute atomic E-state index is 13.2. The molecule has 2 rings (SSSR count). The number of fused-ring (bicyclic) bond motifs is 1. The Morgan fingerprint density at radius 2 is 2.06 bits per heavy atom. The van der Waals surface area contributed by atoms with Gasteiger partial charge in [0.1, 0.15) is 12.4 Å². The van der Waals surface area contributed by atoms with Crippen molar-refractivity contribution in [3.8, 4) is 0 Å². The molecule has 0 saturated heterocycles. The number of rotatable bonds is 4. The standard InChI is InChI=1S/C11H10ClF2N3O/c12-2-1-11-16-8-3-6(13)7(14)4-9(8)17(11)5-10(15)18/h3-4H,1-2,5H2,(H2,15,18). The highest BCUT2D eigenvalue weighted by Gasteiger charge is 2.15. The van der Waals surface area contributed by atoms with Crippen LogP contribution in [0.4, 0.5) is 8.78 Å². The molecule has 0 saturated carbocycles. The van der Waals surface area contributed by atoms with E-state index in [1.807, 2.05) is 0 Å². The number of aromatic nitrogens is 2. The molecule has 1 aromatic carbocycles. The van der Waals surface area contributed by atoms with E-state index >= 15 is 0 Å². The number of imidazole rings is 1. The van der Waals surface area contributed by atoms with Gasteiger partial charge in [0, 0.05) is 24.4 Å². The van der Waals surface area contributed by atoms with E-state index in [1.165, 1.54) is 4.57 Å². The van der Waals surface area contributed by atoms with E-state index in [4.69, 9.17) is 17.3 Å². The van der Waals surface area contributed by atoms with Crippen molar-refractivity contribution in [1.82, 2.24) is 9.55 Å². The van der Waals surface area contributed by atoms with Crippen molar-refractivity contribution >= 4 is 28.5 Å². The largest absolute Gasteiger partial charge is 0.368 e. The van der Waals surface area contributed by atoms with Crippen LogP contribution in [0, 0.1) is 11.6 Å². The van der Waals surface area contributed by atoms with Gasteiger partial charge in [-0.05, 0) is 0 Å². The number of benzene rings is 1. The van der Waals surface area contributed by atoms with Crippen LogP contribution in [-0.2, 0) is 17.8 Å². The highest BCUT2D eigenvalue weighted by molar-refractivity contribution is 6.17. The molecular weight excluding hydrogens is 264 g/mol. The molecule has 2 N–H and O–H groups in total. The summed E-state index contributed by atoms with van der Waals surface area (Å²) in [5, 5.41) is 0. The number of hydrogen-bond acceptors (Lipinski definition) is 2. The first-order valence-corrected chi connectivity index (χ1v) is 5.75. The van der Waals surface area contributed by atoms with Gasteiger partial charge in [-0.1, -0.05) is 0 Å². The Balaban J connectivity index is 2.64. The normalized spacial score (nSPS) is 11.1. The molecule has 0 aliphatic heterocycles. The van der Waals surface area contributed by atoms with Gasteiger partial charge in [-0.3, -0.25) is 4.79 Å². The number of halogens is 3. The molecule has 0 aliphatic carbocycles. The number of amides is 1. The lowest BCUT2D eigenvalue weighted by atomic mass is 10.3. The second kappa shape index (κ2) is 4.89. The van der Waals surface area contributed by atoms with Crippen LogP contribution in [-0.4, -0.2) is 21.3 Å². The molecule has 2 aromatic rings. The number of nitrogens with zero attached hydrogens (tertiary/aromatic N) is 2. The third-order valence-electron chi connectivity index (χ3n) is 2.50. The zero-order valence-corrected chi connectivity index (χ0v) is 10.0. The summed E-state index contributed by atoms with van der Waals surface area (Å²) in [6.45, 7) is -0.145. The predicted molar refractivity (Wildman–Crippen MR) is 63.3 cm³/mol. The Hall–Kier alpha value is -1.69. The lowest BCUT2D eigenvalue weighted by Gasteiger charge is -2.05. The van der Waals surface area contributed by atoms with Crippen molar-refractivity contribution in [3.05, 3.63) is 29.6 Å². The van der Waals surface area contributed by atoms with Gasteiger partial charge in [-0.15, -0.1) is 11.6 Å². The van der Waals surface area contributed by atoms with Crippen LogP contribution in [0.15, 0.2) is 12.1 Å². The zero-order chi connectivity index (χ0) is 13.3. The van der Waals surface area contributed by atoms with Crippen molar-refractivity contribution in [2.45, 2.75) is 13.0 Å². The van der Waals surface area contributed by atoms with Gasteiger partial charge in [0.2, 0.25) is 5.91 Å². The average molecular weight is 274 g/mol. The molecule has 1 aromatic heterocycles. The highest BCUT2D eigenvalue weighted by Crippen LogP contribution is 2.20. The first kappa shape index (κ1) is 12.8. The summed E-state index contributed by atoms with van der Waals surface area (Å²) < 4.78 is 27.7. The van der Waals surface area contributed by atoms with Crippen molar-refractivity contribution < 1.29 is 13.6 Å². The Labute approximate surface area is 106 Å². The van der Waals surface area contributed by atoms with Gasteiger partial charge in [-0.25, -0.2) is 13.8 Å². The Bertz CT molecular complexity index is 612. The number of aryl methyl sites for hydroxylation is 1. The molecule has 0 bridgehead atoms. The molecule has 0 aliphatic rings. The minimum absolute atomic E-state index is 0.145. The summed E-state index contributed by atoms with van der Waals surface area (Å²) >= 11 is 5.62. The average Bonchev–Trinajstić information content (AvgIpc) is 2.58. The van der Waals surface area contributed by atoms with Crippen LogP contribution in [0.5, 0.6) is 0 Å². The topological polar surface area (TPSA) is 60.9 Å². The lowest BCUT2D eigenvalue weighted by Crippen LogP contribution is -2.20. The van der Waals surface area contributed by atoms with Crippen molar-refractivity contribution in [3.63, 3.8) is 0 Å². The molecule has 0 atom stereocenters. The summed E-state index contributed by atoms with van der Waals surface area (Å²) in [7, 11) is 0. The Kier molecular flexibility index (Phi) is 3.47. The first-order chi connectivity index (χ1) is 8.52. The number of hydrogen-bond donors (Lipinski definition) is 1. The monoisotopic (exact) mass is 273 g/mol. The predicted octanol–water partition coefficient (Wildman–Crippen LogP) is 1.58. The van der Waals surface area contributed by atoms with E-state index < -0.39 is 17.5 Å². The summed E-state index contributed by atoms with van der Waals surface area (Å²) in [5.74, 6) is -1.81. The highest BCUT2D eigenvalue weighted by atomic mass is 35.5. The second-order valence-electron chi connectivity index (χ2n) is 3.77. The van der Waals surface area contributed by atoms with Crippen molar-refractivity contribution in [2.75, 3.05) is 5.88 Å². The quantitative estimate of drug-likeness (QED) is 0.860. The minimum atomic E-state index is -0.995. The molecule has 0 spiro atoms. The molecule has 7 heteroatoms. The van der Waals surface area contributed by atoms with Gasteiger partial charge in [0.15, 0.2) is 11.6 Å². The first-order valence-electron chi connectivity index (χ1n) is 5.21. The van der Waals surface area contributed by atoms with Crippen LogP contribution in [0.3, 0.4) is 0 Å². The fourth-order valence-corrected chi connectivity index (χ4v) is 1.95. The van der Waals surface area contributed by atoms with E-state index in [1.54, 1.807) is 0 Å². The zero-order valence-electron chi connectivity index (χ0n) is 9.29. The summed E-state index contributed by atoms with van der Waals surface area (Å²) in [4.78, 5) is 15.1. The van der Waals surface area contributed by atoms with Crippen LogP contribution in [0.1, 0.15) is 5.82 Å². The smallest absolute Gasteiger partial charge is 0.237 e. The van der Waals surface area contributed by atoms with Crippen LogP contribution < -0.4 is 5.73 Å². The fraction of sp³-hybridized carbons (Fsp3) is 0.273. The number of nitrogens with two attached hydrogens (primary N) is 1. The van der Waals surface area contributed by atoms with E-state index in [9.17, 15) is 13.6 Å². The minimum Gasteiger partial charge on any atom is -0.368 e. The molecule has 1 heterocycles. The van der Waals surface area contributed by atoms with Gasteiger partial charge in [0.25, 0.3) is 0 Å². The second-order valence-corrected chi connectivity index (χ2v) is 4.15. The van der Waals surface area contributed by atoms with E-state index in [2.05, 4.69) is 4.98 Å².